The number of aryl methyl sites for hydroxylation is 1. The van der Waals surface area contributed by atoms with Crippen molar-refractivity contribution >= 4 is 27.8 Å². The minimum atomic E-state index is -0.116. The van der Waals surface area contributed by atoms with Gasteiger partial charge in [-0.25, -0.2) is 0 Å². The largest absolute Gasteiger partial charge is 0.310 e. The van der Waals surface area contributed by atoms with E-state index in [4.69, 9.17) is 0 Å². The second-order valence-electron chi connectivity index (χ2n) is 14.2. The van der Waals surface area contributed by atoms with Crippen LogP contribution in [0, 0.1) is 6.92 Å². The van der Waals surface area contributed by atoms with E-state index >= 15 is 0 Å². The monoisotopic (exact) mass is 613 g/mol. The van der Waals surface area contributed by atoms with E-state index in [0.29, 0.717) is 11.8 Å². The lowest BCUT2D eigenvalue weighted by Gasteiger charge is -2.30. The Hall–Kier alpha value is -4.62. The van der Waals surface area contributed by atoms with Crippen LogP contribution in [0.1, 0.15) is 94.0 Å². The molecule has 0 amide bonds. The molecule has 0 bridgehead atoms. The highest BCUT2D eigenvalue weighted by molar-refractivity contribution is 6.10. The zero-order valence-corrected chi connectivity index (χ0v) is 29.1. The maximum absolute atomic E-state index is 2.50. The maximum Gasteiger partial charge on any atom is 0.0543 e. The lowest BCUT2D eigenvalue weighted by atomic mass is 9.80. The molecular formula is C46H47N. The molecule has 0 fully saturated rings. The van der Waals surface area contributed by atoms with Gasteiger partial charge in [-0.2, -0.15) is 0 Å². The smallest absolute Gasteiger partial charge is 0.0543 e. The quantitative estimate of drug-likeness (QED) is 0.165. The van der Waals surface area contributed by atoms with Crippen LogP contribution in [0.5, 0.6) is 0 Å². The number of fused-ring (bicyclic) bond motifs is 5. The first-order chi connectivity index (χ1) is 22.7. The van der Waals surface area contributed by atoms with Crippen molar-refractivity contribution in [1.82, 2.24) is 0 Å². The Morgan fingerprint density at radius 3 is 1.96 bits per heavy atom. The Morgan fingerprint density at radius 2 is 1.23 bits per heavy atom. The van der Waals surface area contributed by atoms with Crippen molar-refractivity contribution in [3.05, 3.63) is 149 Å². The second kappa shape index (κ2) is 12.2. The van der Waals surface area contributed by atoms with Crippen LogP contribution in [0.25, 0.3) is 33.0 Å². The van der Waals surface area contributed by atoms with Crippen LogP contribution < -0.4 is 4.90 Å². The molecule has 6 aromatic rings. The molecule has 236 valence electrons. The van der Waals surface area contributed by atoms with Crippen molar-refractivity contribution in [2.45, 2.75) is 78.6 Å². The van der Waals surface area contributed by atoms with Gasteiger partial charge in [-0.05, 0) is 117 Å². The summed E-state index contributed by atoms with van der Waals surface area (Å²) >= 11 is 0. The van der Waals surface area contributed by atoms with E-state index in [0.717, 1.165) is 18.5 Å². The normalized spacial score (nSPS) is 14.4. The van der Waals surface area contributed by atoms with Crippen molar-refractivity contribution in [1.29, 1.82) is 0 Å². The van der Waals surface area contributed by atoms with Gasteiger partial charge in [0.2, 0.25) is 0 Å². The summed E-state index contributed by atoms with van der Waals surface area (Å²) in [6.07, 6.45) is 2.27. The molecule has 7 rings (SSSR count). The van der Waals surface area contributed by atoms with Crippen LogP contribution in [-0.4, -0.2) is 0 Å². The molecule has 0 aromatic heterocycles. The van der Waals surface area contributed by atoms with E-state index in [1.165, 1.54) is 72.2 Å². The third-order valence-electron chi connectivity index (χ3n) is 11.0. The lowest BCUT2D eigenvalue weighted by molar-refractivity contribution is 0.655. The van der Waals surface area contributed by atoms with Crippen molar-refractivity contribution < 1.29 is 0 Å². The molecule has 0 N–H and O–H groups in total. The fraction of sp³-hybridized carbons (Fsp3) is 0.261. The first kappa shape index (κ1) is 31.0. The Kier molecular flexibility index (Phi) is 8.04. The summed E-state index contributed by atoms with van der Waals surface area (Å²) in [7, 11) is 0. The molecule has 1 heteroatoms. The van der Waals surface area contributed by atoms with E-state index in [9.17, 15) is 0 Å². The average molecular weight is 614 g/mol. The molecule has 0 radical (unpaired) electrons. The molecule has 0 saturated heterocycles. The van der Waals surface area contributed by atoms with Crippen molar-refractivity contribution in [3.8, 4) is 22.3 Å². The summed E-state index contributed by atoms with van der Waals surface area (Å²) in [5, 5.41) is 2.59. The molecule has 1 aliphatic rings. The standard InChI is InChI=1S/C46H47N/c1-8-30(3)33-23-25-41-42(28-33)46(6,7)43-29-44(39-21-15-16-22-40(39)45(41)43)47(34-17-11-10-12-18-34)35-24-26-37(32(5)27-35)38-20-14-13-19-36(38)31(4)9-2/h10-31H,8-9H2,1-7H3. The Balaban J connectivity index is 1.44. The van der Waals surface area contributed by atoms with E-state index in [1.807, 2.05) is 0 Å². The lowest BCUT2D eigenvalue weighted by Crippen LogP contribution is -2.17. The molecule has 0 spiro atoms. The summed E-state index contributed by atoms with van der Waals surface area (Å²) in [6, 6.07) is 45.6. The SMILES string of the molecule is CCC(C)c1ccc2c(c1)C(C)(C)c1cc(N(c3ccccc3)c3ccc(-c4ccccc4C(C)CC)c(C)c3)c3ccccc3c1-2. The summed E-state index contributed by atoms with van der Waals surface area (Å²) in [6.45, 7) is 16.3. The fourth-order valence-electron chi connectivity index (χ4n) is 7.79. The summed E-state index contributed by atoms with van der Waals surface area (Å²) in [5.41, 5.74) is 15.9. The van der Waals surface area contributed by atoms with Crippen molar-refractivity contribution in [2.75, 3.05) is 4.90 Å². The van der Waals surface area contributed by atoms with E-state index < -0.39 is 0 Å². The number of para-hydroxylation sites is 1. The predicted octanol–water partition coefficient (Wildman–Crippen LogP) is 13.6. The molecule has 0 heterocycles. The summed E-state index contributed by atoms with van der Waals surface area (Å²) in [5.74, 6) is 1.06. The molecule has 1 nitrogen and oxygen atoms in total. The van der Waals surface area contributed by atoms with Crippen LogP contribution in [0.2, 0.25) is 0 Å². The number of hydrogen-bond acceptors (Lipinski definition) is 1. The minimum absolute atomic E-state index is 0.116. The molecule has 6 aromatic carbocycles. The average Bonchev–Trinajstić information content (AvgIpc) is 3.33. The van der Waals surface area contributed by atoms with Crippen LogP contribution >= 0.6 is 0 Å². The topological polar surface area (TPSA) is 3.24 Å². The van der Waals surface area contributed by atoms with Gasteiger partial charge >= 0.3 is 0 Å². The van der Waals surface area contributed by atoms with E-state index in [-0.39, 0.29) is 5.41 Å². The van der Waals surface area contributed by atoms with Gasteiger partial charge in [0.05, 0.1) is 5.69 Å². The Labute approximate surface area is 281 Å². The first-order valence-corrected chi connectivity index (χ1v) is 17.5. The number of rotatable bonds is 8. The number of benzene rings is 6. The molecule has 1 aliphatic carbocycles. The van der Waals surface area contributed by atoms with Gasteiger partial charge in [-0.1, -0.05) is 133 Å². The summed E-state index contributed by atoms with van der Waals surface area (Å²) < 4.78 is 0. The van der Waals surface area contributed by atoms with Gasteiger partial charge in [0, 0.05) is 22.2 Å². The molecule has 2 atom stereocenters. The third kappa shape index (κ3) is 5.17. The predicted molar refractivity (Wildman–Crippen MR) is 204 cm³/mol. The fourth-order valence-corrected chi connectivity index (χ4v) is 7.79. The van der Waals surface area contributed by atoms with Crippen molar-refractivity contribution in [3.63, 3.8) is 0 Å². The number of nitrogens with zero attached hydrogens (tertiary/aromatic N) is 1. The van der Waals surface area contributed by atoms with Gasteiger partial charge in [-0.15, -0.1) is 0 Å². The molecule has 2 unspecified atom stereocenters. The van der Waals surface area contributed by atoms with Crippen LogP contribution in [0.3, 0.4) is 0 Å². The van der Waals surface area contributed by atoms with Gasteiger partial charge < -0.3 is 4.90 Å². The highest BCUT2D eigenvalue weighted by Gasteiger charge is 2.38. The van der Waals surface area contributed by atoms with Gasteiger partial charge in [0.25, 0.3) is 0 Å². The molecular weight excluding hydrogens is 567 g/mol. The van der Waals surface area contributed by atoms with Gasteiger partial charge in [-0.3, -0.25) is 0 Å². The van der Waals surface area contributed by atoms with Gasteiger partial charge in [0.15, 0.2) is 0 Å². The van der Waals surface area contributed by atoms with Gasteiger partial charge in [0.1, 0.15) is 0 Å². The second-order valence-corrected chi connectivity index (χ2v) is 14.2. The van der Waals surface area contributed by atoms with Crippen LogP contribution in [0.4, 0.5) is 17.1 Å². The zero-order chi connectivity index (χ0) is 32.9. The Morgan fingerprint density at radius 1 is 0.574 bits per heavy atom. The molecule has 47 heavy (non-hydrogen) atoms. The number of hydrogen-bond donors (Lipinski definition) is 0. The maximum atomic E-state index is 2.50. The highest BCUT2D eigenvalue weighted by atomic mass is 15.1. The number of anilines is 3. The van der Waals surface area contributed by atoms with E-state index in [2.05, 4.69) is 175 Å². The van der Waals surface area contributed by atoms with E-state index in [1.54, 1.807) is 0 Å². The molecule has 0 saturated carbocycles. The van der Waals surface area contributed by atoms with Crippen molar-refractivity contribution in [2.24, 2.45) is 0 Å². The molecule has 0 aliphatic heterocycles. The van der Waals surface area contributed by atoms with Crippen LogP contribution in [0.15, 0.2) is 121 Å². The minimum Gasteiger partial charge on any atom is -0.310 e. The third-order valence-corrected chi connectivity index (χ3v) is 11.0. The Bertz CT molecular complexity index is 2080. The van der Waals surface area contributed by atoms with Crippen LogP contribution in [-0.2, 0) is 5.41 Å². The zero-order valence-electron chi connectivity index (χ0n) is 29.1. The summed E-state index contributed by atoms with van der Waals surface area (Å²) in [4.78, 5) is 2.48. The highest BCUT2D eigenvalue weighted by Crippen LogP contribution is 2.55. The first-order valence-electron chi connectivity index (χ1n) is 17.5.